The van der Waals surface area contributed by atoms with Gasteiger partial charge >= 0.3 is 0 Å². The summed E-state index contributed by atoms with van der Waals surface area (Å²) >= 11 is 0. The number of hydrogen-bond donors (Lipinski definition) is 2. The lowest BCUT2D eigenvalue weighted by Crippen LogP contribution is -2.49. The quantitative estimate of drug-likeness (QED) is 0.525. The second-order valence-electron chi connectivity index (χ2n) is 12.6. The summed E-state index contributed by atoms with van der Waals surface area (Å²) in [5.41, 5.74) is 3.68. The maximum absolute atomic E-state index is 10.2. The Hall–Kier alpha value is -0.940. The lowest BCUT2D eigenvalue weighted by Gasteiger charge is -2.46. The van der Waals surface area contributed by atoms with E-state index in [9.17, 15) is 10.2 Å². The first kappa shape index (κ1) is 26.1. The minimum atomic E-state index is -0.612. The molecule has 0 aromatic heterocycles. The van der Waals surface area contributed by atoms with E-state index in [0.29, 0.717) is 36.1 Å². The highest BCUT2D eigenvalue weighted by Gasteiger charge is 2.51. The zero-order chi connectivity index (χ0) is 24.7. The molecule has 34 heavy (non-hydrogen) atoms. The fourth-order valence-corrected chi connectivity index (χ4v) is 8.14. The molecule has 0 radical (unpaired) electrons. The highest BCUT2D eigenvalue weighted by atomic mass is 16.5. The third kappa shape index (κ3) is 4.98. The van der Waals surface area contributed by atoms with Crippen LogP contribution in [0.3, 0.4) is 0 Å². The molecule has 0 spiro atoms. The molecular weight excluding hydrogens is 422 g/mol. The predicted molar refractivity (Wildman–Crippen MR) is 140 cm³/mol. The number of rotatable bonds is 6. The molecule has 0 aromatic carbocycles. The van der Waals surface area contributed by atoms with Gasteiger partial charge in [-0.1, -0.05) is 38.2 Å². The molecule has 1 aliphatic heterocycles. The Morgan fingerprint density at radius 2 is 1.97 bits per heavy atom. The standard InChI is InChI=1S/C30H49NO3/c1-20(19-31-16-8-10-28(31)29(3,4)34-6)25-13-14-26-22(9-7-15-30(25,26)5)11-12-23-17-24(32)18-27(33)21(23)2/h11-12,20,24-28,32-33H,2,7-10,13-19H2,1,3-6H3/t20?,24-,25-,26+,27+,28?,30-/m1/s1. The molecule has 4 heteroatoms. The van der Waals surface area contributed by atoms with Crippen LogP contribution in [-0.2, 0) is 4.74 Å². The summed E-state index contributed by atoms with van der Waals surface area (Å²) in [7, 11) is 1.86. The van der Waals surface area contributed by atoms with Gasteiger partial charge in [0.1, 0.15) is 0 Å². The van der Waals surface area contributed by atoms with E-state index in [0.717, 1.165) is 17.1 Å². The largest absolute Gasteiger partial charge is 0.393 e. The highest BCUT2D eigenvalue weighted by Crippen LogP contribution is 2.59. The van der Waals surface area contributed by atoms with Crippen molar-refractivity contribution >= 4 is 0 Å². The first-order valence-electron chi connectivity index (χ1n) is 13.8. The third-order valence-electron chi connectivity index (χ3n) is 10.2. The van der Waals surface area contributed by atoms with Crippen LogP contribution in [0.1, 0.15) is 85.5 Å². The molecule has 192 valence electrons. The minimum absolute atomic E-state index is 0.0864. The van der Waals surface area contributed by atoms with Crippen molar-refractivity contribution in [2.24, 2.45) is 23.2 Å². The molecule has 3 aliphatic carbocycles. The van der Waals surface area contributed by atoms with Crippen molar-refractivity contribution in [2.75, 3.05) is 20.2 Å². The Morgan fingerprint density at radius 1 is 1.21 bits per heavy atom. The van der Waals surface area contributed by atoms with Crippen molar-refractivity contribution in [3.63, 3.8) is 0 Å². The fraction of sp³-hybridized carbons (Fsp3) is 0.800. The molecule has 1 saturated heterocycles. The maximum atomic E-state index is 10.2. The number of hydrogen-bond acceptors (Lipinski definition) is 4. The van der Waals surface area contributed by atoms with Gasteiger partial charge in [0.15, 0.2) is 0 Å². The molecular formula is C30H49NO3. The van der Waals surface area contributed by atoms with E-state index in [-0.39, 0.29) is 5.60 Å². The van der Waals surface area contributed by atoms with Gasteiger partial charge in [0, 0.05) is 26.1 Å². The van der Waals surface area contributed by atoms with E-state index in [1.54, 1.807) is 5.57 Å². The van der Waals surface area contributed by atoms with Crippen molar-refractivity contribution < 1.29 is 14.9 Å². The van der Waals surface area contributed by atoms with Gasteiger partial charge in [-0.25, -0.2) is 0 Å². The molecule has 2 unspecified atom stereocenters. The Bertz CT molecular complexity index is 814. The van der Waals surface area contributed by atoms with Crippen LogP contribution in [0.2, 0.25) is 0 Å². The van der Waals surface area contributed by atoms with Crippen LogP contribution >= 0.6 is 0 Å². The Morgan fingerprint density at radius 3 is 2.71 bits per heavy atom. The lowest BCUT2D eigenvalue weighted by molar-refractivity contribution is -0.0469. The maximum Gasteiger partial charge on any atom is 0.0811 e. The zero-order valence-corrected chi connectivity index (χ0v) is 22.4. The monoisotopic (exact) mass is 471 g/mol. The average molecular weight is 472 g/mol. The fourth-order valence-electron chi connectivity index (χ4n) is 8.14. The Balaban J connectivity index is 1.47. The van der Waals surface area contributed by atoms with Gasteiger partial charge in [0.2, 0.25) is 0 Å². The molecule has 4 rings (SSSR count). The predicted octanol–water partition coefficient (Wildman–Crippen LogP) is 5.65. The Labute approximate surface area is 208 Å². The number of aliphatic hydroxyl groups excluding tert-OH is 2. The normalized spacial score (nSPS) is 40.8. The number of nitrogens with zero attached hydrogens (tertiary/aromatic N) is 1. The van der Waals surface area contributed by atoms with Gasteiger partial charge in [0.05, 0.1) is 17.8 Å². The SMILES string of the molecule is C=C1C(=CC=C2CCC[C@]3(C)[C@@H](C(C)CN4CCCC4C(C)(C)OC)CC[C@@H]23)C[C@@H](O)C[C@@H]1O. The van der Waals surface area contributed by atoms with Gasteiger partial charge in [-0.15, -0.1) is 0 Å². The number of allylic oxidation sites excluding steroid dienone is 3. The number of likely N-dealkylation sites (tertiary alicyclic amines) is 1. The van der Waals surface area contributed by atoms with E-state index < -0.39 is 12.2 Å². The van der Waals surface area contributed by atoms with Crippen LogP contribution < -0.4 is 0 Å². The van der Waals surface area contributed by atoms with E-state index in [4.69, 9.17) is 4.74 Å². The summed E-state index contributed by atoms with van der Waals surface area (Å²) in [5, 5.41) is 20.3. The van der Waals surface area contributed by atoms with E-state index in [1.165, 1.54) is 58.0 Å². The van der Waals surface area contributed by atoms with Gasteiger partial charge in [-0.2, -0.15) is 0 Å². The highest BCUT2D eigenvalue weighted by molar-refractivity contribution is 5.38. The summed E-state index contributed by atoms with van der Waals surface area (Å²) in [6, 6.07) is 0.521. The molecule has 0 aromatic rings. The average Bonchev–Trinajstić information content (AvgIpc) is 3.39. The second-order valence-corrected chi connectivity index (χ2v) is 12.6. The van der Waals surface area contributed by atoms with Crippen LogP contribution in [0.4, 0.5) is 0 Å². The molecule has 2 N–H and O–H groups in total. The van der Waals surface area contributed by atoms with Crippen LogP contribution in [0.25, 0.3) is 0 Å². The second kappa shape index (κ2) is 10.2. The van der Waals surface area contributed by atoms with E-state index >= 15 is 0 Å². The number of aliphatic hydroxyl groups is 2. The lowest BCUT2D eigenvalue weighted by atomic mass is 9.61. The molecule has 0 amide bonds. The van der Waals surface area contributed by atoms with Crippen molar-refractivity contribution in [3.8, 4) is 0 Å². The van der Waals surface area contributed by atoms with Crippen molar-refractivity contribution in [2.45, 2.75) is 109 Å². The number of fused-ring (bicyclic) bond motifs is 1. The van der Waals surface area contributed by atoms with Crippen LogP contribution in [0.5, 0.6) is 0 Å². The summed E-state index contributed by atoms with van der Waals surface area (Å²) < 4.78 is 5.88. The molecule has 7 atom stereocenters. The molecule has 4 aliphatic rings. The van der Waals surface area contributed by atoms with Gasteiger partial charge in [0.25, 0.3) is 0 Å². The van der Waals surface area contributed by atoms with Crippen molar-refractivity contribution in [1.29, 1.82) is 0 Å². The van der Waals surface area contributed by atoms with Crippen molar-refractivity contribution in [1.82, 2.24) is 4.90 Å². The topological polar surface area (TPSA) is 52.9 Å². The number of ether oxygens (including phenoxy) is 1. The van der Waals surface area contributed by atoms with Crippen LogP contribution in [0.15, 0.2) is 35.5 Å². The summed E-state index contributed by atoms with van der Waals surface area (Å²) in [4.78, 5) is 2.72. The molecule has 3 saturated carbocycles. The van der Waals surface area contributed by atoms with E-state index in [2.05, 4.69) is 51.3 Å². The van der Waals surface area contributed by atoms with Crippen LogP contribution in [0, 0.1) is 23.2 Å². The molecule has 4 fully saturated rings. The molecule has 4 nitrogen and oxygen atoms in total. The molecule has 1 heterocycles. The van der Waals surface area contributed by atoms with Gasteiger partial charge < -0.3 is 14.9 Å². The van der Waals surface area contributed by atoms with E-state index in [1.807, 2.05) is 7.11 Å². The third-order valence-corrected chi connectivity index (χ3v) is 10.2. The summed E-state index contributed by atoms with van der Waals surface area (Å²) in [6.45, 7) is 16.1. The first-order chi connectivity index (χ1) is 16.1. The number of methoxy groups -OCH3 is 1. The summed E-state index contributed by atoms with van der Waals surface area (Å²) in [5.74, 6) is 2.10. The summed E-state index contributed by atoms with van der Waals surface area (Å²) in [6.07, 6.45) is 13.4. The smallest absolute Gasteiger partial charge is 0.0811 e. The van der Waals surface area contributed by atoms with Crippen molar-refractivity contribution in [3.05, 3.63) is 35.5 Å². The molecule has 0 bridgehead atoms. The van der Waals surface area contributed by atoms with Crippen LogP contribution in [-0.4, -0.2) is 59.2 Å². The zero-order valence-electron chi connectivity index (χ0n) is 22.4. The minimum Gasteiger partial charge on any atom is -0.393 e. The van der Waals surface area contributed by atoms with Gasteiger partial charge in [-0.05, 0) is 106 Å². The van der Waals surface area contributed by atoms with Gasteiger partial charge in [-0.3, -0.25) is 4.90 Å². The first-order valence-corrected chi connectivity index (χ1v) is 13.8. The Kier molecular flexibility index (Phi) is 7.84.